The number of likely N-dealkylation sites (N-methyl/N-ethyl adjacent to an activating group) is 2. The number of aryl methyl sites for hydroxylation is 1. The Labute approximate surface area is 382 Å². The topological polar surface area (TPSA) is 187 Å². The fraction of sp³-hybridized carbons (Fsp3) is 0.543. The molecule has 1 aromatic carbocycles. The van der Waals surface area contributed by atoms with Gasteiger partial charge in [-0.1, -0.05) is 33.8 Å². The van der Waals surface area contributed by atoms with Crippen molar-refractivity contribution in [3.8, 4) is 28.6 Å². The van der Waals surface area contributed by atoms with Gasteiger partial charge >= 0.3 is 12.0 Å². The average molecular weight is 908 g/mol. The van der Waals surface area contributed by atoms with Crippen molar-refractivity contribution >= 4 is 56.3 Å². The molecule has 0 unspecified atom stereocenters. The third-order valence-corrected chi connectivity index (χ3v) is 14.1. The lowest BCUT2D eigenvalue weighted by atomic mass is 9.84. The van der Waals surface area contributed by atoms with Gasteiger partial charge in [0.25, 0.3) is 5.91 Å². The lowest BCUT2D eigenvalue weighted by molar-refractivity contribution is -0.155. The van der Waals surface area contributed by atoms with E-state index in [1.54, 1.807) is 27.4 Å². The normalized spacial score (nSPS) is 21.3. The minimum Gasteiger partial charge on any atom is -0.464 e. The van der Waals surface area contributed by atoms with Crippen LogP contribution >= 0.6 is 11.3 Å². The second-order valence-corrected chi connectivity index (χ2v) is 20.4. The average Bonchev–Trinajstić information content (AvgIpc) is 3.86. The molecular formula is C46H59N10O6SSi. The van der Waals surface area contributed by atoms with Crippen molar-refractivity contribution in [1.29, 1.82) is 5.26 Å². The Balaban J connectivity index is 1.28. The van der Waals surface area contributed by atoms with Gasteiger partial charge in [-0.3, -0.25) is 29.7 Å². The lowest BCUT2D eigenvalue weighted by Gasteiger charge is -2.47. The summed E-state index contributed by atoms with van der Waals surface area (Å²) in [5.41, 5.74) is 8.11. The molecule has 3 radical (unpaired) electrons. The van der Waals surface area contributed by atoms with Crippen LogP contribution in [0.3, 0.4) is 0 Å². The third-order valence-electron chi connectivity index (χ3n) is 12.7. The molecule has 7 rings (SSSR count). The zero-order valence-electron chi connectivity index (χ0n) is 38.2. The van der Waals surface area contributed by atoms with Crippen LogP contribution in [0.4, 0.5) is 4.79 Å². The van der Waals surface area contributed by atoms with Gasteiger partial charge in [0.1, 0.15) is 23.7 Å². The van der Waals surface area contributed by atoms with Crippen LogP contribution in [0.5, 0.6) is 0 Å². The highest BCUT2D eigenvalue weighted by Gasteiger charge is 2.47. The van der Waals surface area contributed by atoms with E-state index in [9.17, 15) is 24.4 Å². The molecule has 6 bridgehead atoms. The monoisotopic (exact) mass is 907 g/mol. The van der Waals surface area contributed by atoms with Crippen molar-refractivity contribution in [3.63, 3.8) is 0 Å². The highest BCUT2D eigenvalue weighted by molar-refractivity contribution is 7.10. The van der Waals surface area contributed by atoms with E-state index >= 15 is 0 Å². The number of amides is 4. The number of thiazole rings is 1. The summed E-state index contributed by atoms with van der Waals surface area (Å²) in [6.45, 7) is 13.4. The largest absolute Gasteiger partial charge is 0.464 e. The molecule has 0 spiro atoms. The number of carbonyl (C=O) groups is 4. The van der Waals surface area contributed by atoms with Crippen LogP contribution in [0, 0.1) is 22.7 Å². The van der Waals surface area contributed by atoms with Crippen molar-refractivity contribution in [2.24, 2.45) is 11.3 Å². The second-order valence-electron chi connectivity index (χ2n) is 18.5. The van der Waals surface area contributed by atoms with Crippen LogP contribution in [0.15, 0.2) is 41.9 Å². The van der Waals surface area contributed by atoms with Gasteiger partial charge in [-0.15, -0.1) is 11.3 Å². The number of esters is 1. The van der Waals surface area contributed by atoms with Gasteiger partial charge in [0.05, 0.1) is 63.3 Å². The number of benzene rings is 1. The fourth-order valence-corrected chi connectivity index (χ4v) is 10.2. The number of nitriles is 1. The maximum absolute atomic E-state index is 14.6. The van der Waals surface area contributed by atoms with Crippen LogP contribution in [-0.2, 0) is 48.5 Å². The number of aromatic nitrogens is 3. The van der Waals surface area contributed by atoms with Crippen molar-refractivity contribution in [2.45, 2.75) is 103 Å². The number of urea groups is 1. The zero-order chi connectivity index (χ0) is 46.3. The first-order valence-corrected chi connectivity index (χ1v) is 23.3. The number of rotatable bonds is 9. The molecule has 0 saturated carbocycles. The Bertz CT molecular complexity index is 2470. The van der Waals surface area contributed by atoms with E-state index in [2.05, 4.69) is 82.0 Å². The molecule has 0 aliphatic carbocycles. The summed E-state index contributed by atoms with van der Waals surface area (Å²) in [7, 11) is 8.73. The number of carbonyl (C=O) groups excluding carboxylic acids is 4. The summed E-state index contributed by atoms with van der Waals surface area (Å²) in [5.74, 6) is -1.73. The Kier molecular flexibility index (Phi) is 13.4. The first-order chi connectivity index (χ1) is 30.4. The van der Waals surface area contributed by atoms with Gasteiger partial charge in [-0.05, 0) is 75.9 Å². The van der Waals surface area contributed by atoms with Gasteiger partial charge in [0.2, 0.25) is 5.91 Å². The summed E-state index contributed by atoms with van der Waals surface area (Å²) in [4.78, 5) is 69.2. The quantitative estimate of drug-likeness (QED) is 0.160. The Hall–Kier alpha value is -5.19. The summed E-state index contributed by atoms with van der Waals surface area (Å²) < 4.78 is 14.3. The maximum Gasteiger partial charge on any atom is 0.324 e. The van der Waals surface area contributed by atoms with Crippen LogP contribution in [0.1, 0.15) is 70.6 Å². The SMILES string of the molecule is CCn1c(-c2cccnc2[C@@](C)([Si])OC)c2c3cc(ccc31)-c1csc(n1)C[C@H](NC(=O)[C@H](C(C)C)N(C)C(=O)N1CC(C#N)(NC)C1)C(=O)N1CCC[C@H](N1)C(=O)OCC(C)(C)C2. The predicted octanol–water partition coefficient (Wildman–Crippen LogP) is 4.36. The van der Waals surface area contributed by atoms with Crippen molar-refractivity contribution in [3.05, 3.63) is 58.2 Å². The molecule has 18 heteroatoms. The van der Waals surface area contributed by atoms with Crippen LogP contribution in [0.2, 0.25) is 0 Å². The number of ether oxygens (including phenoxy) is 2. The van der Waals surface area contributed by atoms with Gasteiger partial charge < -0.3 is 29.2 Å². The number of cyclic esters (lactones) is 1. The minimum absolute atomic E-state index is 0.0659. The summed E-state index contributed by atoms with van der Waals surface area (Å²) in [6, 6.07) is 9.33. The van der Waals surface area contributed by atoms with Gasteiger partial charge in [0, 0.05) is 72.7 Å². The summed E-state index contributed by atoms with van der Waals surface area (Å²) >= 11 is 1.40. The third kappa shape index (κ3) is 9.05. The van der Waals surface area contributed by atoms with Crippen LogP contribution in [0.25, 0.3) is 33.4 Å². The first-order valence-electron chi connectivity index (χ1n) is 21.9. The molecule has 3 aromatic heterocycles. The molecule has 3 aliphatic heterocycles. The van der Waals surface area contributed by atoms with E-state index in [0.717, 1.165) is 44.7 Å². The van der Waals surface area contributed by atoms with E-state index in [4.69, 9.17) is 19.4 Å². The number of likely N-dealkylation sites (tertiary alicyclic amines) is 1. The number of pyridine rings is 1. The standard InChI is InChI=1S/C46H59N10O6SSi/c1-10-55-35-16-15-28-19-30(35)31(38(55)29-13-11-17-49-39(29)45(6,64)61-9)21-44(4,5)26-62-42(59)32-14-12-18-56(52-32)41(58)33(20-36-50-34(28)22-63-36)51-40(57)37(27(2)3)53(8)43(60)54-24-46(23-47,25-54)48-7/h11,13,15-17,19,22,27,32-33,37,48,52H,10,12,14,18,20-21,24-26H2,1-9H3,(H,51,57)/t32-,33-,37-,45+/m0/s1. The summed E-state index contributed by atoms with van der Waals surface area (Å²) in [6.07, 6.45) is 3.38. The Morgan fingerprint density at radius 2 is 1.98 bits per heavy atom. The van der Waals surface area contributed by atoms with Crippen LogP contribution < -0.4 is 16.1 Å². The van der Waals surface area contributed by atoms with E-state index in [0.29, 0.717) is 37.4 Å². The molecule has 3 aliphatic rings. The fourth-order valence-electron chi connectivity index (χ4n) is 9.13. The van der Waals surface area contributed by atoms with Gasteiger partial charge in [0.15, 0.2) is 0 Å². The molecule has 2 fully saturated rings. The molecule has 6 heterocycles. The van der Waals surface area contributed by atoms with E-state index < -0.39 is 58.1 Å². The number of nitrogens with one attached hydrogen (secondary N) is 3. The van der Waals surface area contributed by atoms with E-state index in [1.165, 1.54) is 26.1 Å². The predicted molar refractivity (Wildman–Crippen MR) is 245 cm³/mol. The number of fused-ring (bicyclic) bond motifs is 6. The molecule has 4 aromatic rings. The number of hydrogen-bond acceptors (Lipinski definition) is 12. The zero-order valence-corrected chi connectivity index (χ0v) is 40.0. The van der Waals surface area contributed by atoms with Crippen LogP contribution in [-0.4, -0.2) is 135 Å². The molecule has 4 amide bonds. The number of hydrogen-bond donors (Lipinski definition) is 3. The molecule has 4 atom stereocenters. The van der Waals surface area contributed by atoms with Crippen molar-refractivity contribution < 1.29 is 28.7 Å². The number of methoxy groups -OCH3 is 1. The highest BCUT2D eigenvalue weighted by atomic mass is 32.1. The Morgan fingerprint density at radius 3 is 2.66 bits per heavy atom. The smallest absolute Gasteiger partial charge is 0.324 e. The molecular weight excluding hydrogens is 849 g/mol. The van der Waals surface area contributed by atoms with Crippen molar-refractivity contribution in [2.75, 3.05) is 47.4 Å². The van der Waals surface area contributed by atoms with Crippen molar-refractivity contribution in [1.82, 2.24) is 45.4 Å². The molecule has 3 N–H and O–H groups in total. The Morgan fingerprint density at radius 1 is 1.23 bits per heavy atom. The molecule has 64 heavy (non-hydrogen) atoms. The second kappa shape index (κ2) is 18.4. The summed E-state index contributed by atoms with van der Waals surface area (Å²) in [5, 5.41) is 19.8. The molecule has 2 saturated heterocycles. The lowest BCUT2D eigenvalue weighted by Crippen LogP contribution is -2.71. The molecule has 16 nitrogen and oxygen atoms in total. The van der Waals surface area contributed by atoms with Gasteiger partial charge in [-0.25, -0.2) is 15.2 Å². The number of nitrogens with zero attached hydrogens (tertiary/aromatic N) is 7. The van der Waals surface area contributed by atoms with Gasteiger partial charge in [-0.2, -0.15) is 5.26 Å². The maximum atomic E-state index is 14.6. The number of hydrazine groups is 1. The minimum atomic E-state index is -1.09. The van der Waals surface area contributed by atoms with E-state index in [-0.39, 0.29) is 32.0 Å². The molecule has 339 valence electrons. The first kappa shape index (κ1) is 46.8. The highest BCUT2D eigenvalue weighted by Crippen LogP contribution is 2.42. The van der Waals surface area contributed by atoms with E-state index in [1.807, 2.05) is 32.2 Å².